The number of amides is 1. The van der Waals surface area contributed by atoms with E-state index in [-0.39, 0.29) is 5.91 Å². The van der Waals surface area contributed by atoms with E-state index in [1.54, 1.807) is 11.3 Å². The van der Waals surface area contributed by atoms with E-state index in [1.807, 2.05) is 11.4 Å². The number of hydrogen-bond donors (Lipinski definition) is 0. The molecule has 2 unspecified atom stereocenters. The summed E-state index contributed by atoms with van der Waals surface area (Å²) < 4.78 is 1.04. The predicted molar refractivity (Wildman–Crippen MR) is 78.0 cm³/mol. The first-order valence-electron chi connectivity index (χ1n) is 6.77. The van der Waals surface area contributed by atoms with Crippen molar-refractivity contribution >= 4 is 33.2 Å². The minimum Gasteiger partial charge on any atom is -0.338 e. The van der Waals surface area contributed by atoms with Gasteiger partial charge in [-0.3, -0.25) is 4.79 Å². The van der Waals surface area contributed by atoms with Crippen LogP contribution < -0.4 is 0 Å². The van der Waals surface area contributed by atoms with Gasteiger partial charge in [0, 0.05) is 18.5 Å². The van der Waals surface area contributed by atoms with E-state index >= 15 is 0 Å². The van der Waals surface area contributed by atoms with Crippen molar-refractivity contribution < 1.29 is 4.79 Å². The fourth-order valence-corrected chi connectivity index (χ4v) is 4.52. The number of halogens is 1. The monoisotopic (exact) mass is 327 g/mol. The number of carbonyl (C=O) groups excluding carboxylic acids is 1. The average molecular weight is 328 g/mol. The lowest BCUT2D eigenvalue weighted by Gasteiger charge is -2.41. The van der Waals surface area contributed by atoms with Crippen LogP contribution in [0.15, 0.2) is 15.2 Å². The molecule has 0 radical (unpaired) electrons. The summed E-state index contributed by atoms with van der Waals surface area (Å²) in [6.45, 7) is 1.93. The van der Waals surface area contributed by atoms with E-state index in [4.69, 9.17) is 0 Å². The smallest absolute Gasteiger partial charge is 0.254 e. The van der Waals surface area contributed by atoms with Crippen LogP contribution in [0.5, 0.6) is 0 Å². The molecule has 4 heteroatoms. The summed E-state index contributed by atoms with van der Waals surface area (Å²) in [4.78, 5) is 14.5. The van der Waals surface area contributed by atoms with Gasteiger partial charge in [-0.15, -0.1) is 11.3 Å². The second-order valence-electron chi connectivity index (χ2n) is 5.48. The molecule has 1 saturated carbocycles. The van der Waals surface area contributed by atoms with Gasteiger partial charge in [0.2, 0.25) is 0 Å². The van der Waals surface area contributed by atoms with E-state index in [1.165, 1.54) is 32.1 Å². The van der Waals surface area contributed by atoms with Crippen LogP contribution in [-0.2, 0) is 0 Å². The highest BCUT2D eigenvalue weighted by atomic mass is 79.9. The Morgan fingerprint density at radius 3 is 2.78 bits per heavy atom. The van der Waals surface area contributed by atoms with Crippen molar-refractivity contribution in [2.45, 2.75) is 32.1 Å². The summed E-state index contributed by atoms with van der Waals surface area (Å²) >= 11 is 5.02. The van der Waals surface area contributed by atoms with Crippen LogP contribution in [0.25, 0.3) is 0 Å². The Bertz CT molecular complexity index is 445. The van der Waals surface area contributed by atoms with Gasteiger partial charge in [0.05, 0.1) is 9.35 Å². The van der Waals surface area contributed by atoms with Crippen molar-refractivity contribution in [3.63, 3.8) is 0 Å². The lowest BCUT2D eigenvalue weighted by Crippen LogP contribution is -2.44. The molecule has 1 aliphatic carbocycles. The van der Waals surface area contributed by atoms with Crippen LogP contribution in [-0.4, -0.2) is 23.9 Å². The lowest BCUT2D eigenvalue weighted by molar-refractivity contribution is 0.0521. The van der Waals surface area contributed by atoms with Crippen LogP contribution >= 0.6 is 27.3 Å². The molecular formula is C14H18BrNOS. The van der Waals surface area contributed by atoms with Crippen molar-refractivity contribution in [2.24, 2.45) is 11.8 Å². The number of rotatable bonds is 1. The maximum Gasteiger partial charge on any atom is 0.254 e. The molecule has 1 saturated heterocycles. The summed E-state index contributed by atoms with van der Waals surface area (Å²) in [6, 6.07) is 1.94. The van der Waals surface area contributed by atoms with Crippen LogP contribution in [0.3, 0.4) is 0 Å². The van der Waals surface area contributed by atoms with Crippen LogP contribution in [0.1, 0.15) is 42.5 Å². The topological polar surface area (TPSA) is 20.3 Å². The molecule has 1 aromatic rings. The summed E-state index contributed by atoms with van der Waals surface area (Å²) in [5.74, 6) is 1.87. The summed E-state index contributed by atoms with van der Waals surface area (Å²) in [5.41, 5.74) is 0.848. The van der Waals surface area contributed by atoms with Gasteiger partial charge in [-0.05, 0) is 46.7 Å². The average Bonchev–Trinajstić information content (AvgIpc) is 2.84. The van der Waals surface area contributed by atoms with E-state index in [0.29, 0.717) is 0 Å². The molecule has 3 rings (SSSR count). The quantitative estimate of drug-likeness (QED) is 0.758. The number of hydrogen-bond acceptors (Lipinski definition) is 2. The maximum absolute atomic E-state index is 12.4. The molecule has 2 fully saturated rings. The Morgan fingerprint density at radius 2 is 2.06 bits per heavy atom. The first kappa shape index (κ1) is 12.7. The Balaban J connectivity index is 1.68. The Hall–Kier alpha value is -0.350. The van der Waals surface area contributed by atoms with Gasteiger partial charge in [0.1, 0.15) is 0 Å². The molecule has 0 N–H and O–H groups in total. The van der Waals surface area contributed by atoms with Crippen molar-refractivity contribution in [3.05, 3.63) is 20.8 Å². The lowest BCUT2D eigenvalue weighted by atomic mass is 9.75. The minimum atomic E-state index is 0.223. The van der Waals surface area contributed by atoms with Crippen LogP contribution in [0.2, 0.25) is 0 Å². The van der Waals surface area contributed by atoms with Gasteiger partial charge in [-0.2, -0.15) is 0 Å². The van der Waals surface area contributed by atoms with Crippen molar-refractivity contribution in [2.75, 3.05) is 13.1 Å². The molecule has 18 heavy (non-hydrogen) atoms. The van der Waals surface area contributed by atoms with E-state index in [0.717, 1.165) is 34.3 Å². The molecule has 0 spiro atoms. The highest BCUT2D eigenvalue weighted by Gasteiger charge is 2.33. The van der Waals surface area contributed by atoms with Crippen LogP contribution in [0.4, 0.5) is 0 Å². The van der Waals surface area contributed by atoms with Gasteiger partial charge < -0.3 is 4.90 Å². The molecule has 2 heterocycles. The zero-order chi connectivity index (χ0) is 12.5. The number of nitrogens with zero attached hydrogens (tertiary/aromatic N) is 1. The van der Waals surface area contributed by atoms with E-state index < -0.39 is 0 Å². The van der Waals surface area contributed by atoms with Crippen molar-refractivity contribution in [1.82, 2.24) is 4.90 Å². The predicted octanol–water partition coefficient (Wildman–Crippen LogP) is 4.16. The number of piperidine rings is 1. The molecule has 2 atom stereocenters. The fourth-order valence-electron chi connectivity index (χ4n) is 3.39. The summed E-state index contributed by atoms with van der Waals surface area (Å²) in [6.07, 6.45) is 6.67. The summed E-state index contributed by atoms with van der Waals surface area (Å²) in [7, 11) is 0. The van der Waals surface area contributed by atoms with Gasteiger partial charge in [-0.25, -0.2) is 0 Å². The fraction of sp³-hybridized carbons (Fsp3) is 0.643. The SMILES string of the molecule is O=C(c1csc(Br)c1)N1CCC2CCCCC2C1. The Labute approximate surface area is 120 Å². The van der Waals surface area contributed by atoms with E-state index in [9.17, 15) is 4.79 Å². The molecule has 1 aliphatic heterocycles. The third kappa shape index (κ3) is 2.50. The first-order chi connectivity index (χ1) is 8.74. The van der Waals surface area contributed by atoms with Gasteiger partial charge in [0.15, 0.2) is 0 Å². The Morgan fingerprint density at radius 1 is 1.28 bits per heavy atom. The van der Waals surface area contributed by atoms with Crippen LogP contribution in [0, 0.1) is 11.8 Å². The normalized spacial score (nSPS) is 27.9. The first-order valence-corrected chi connectivity index (χ1v) is 8.44. The molecule has 1 amide bonds. The van der Waals surface area contributed by atoms with Gasteiger partial charge >= 0.3 is 0 Å². The second-order valence-corrected chi connectivity index (χ2v) is 7.77. The second kappa shape index (κ2) is 5.33. The standard InChI is InChI=1S/C14H18BrNOS/c15-13-7-12(9-18-13)14(17)16-6-5-10-3-1-2-4-11(10)8-16/h7,9-11H,1-6,8H2. The largest absolute Gasteiger partial charge is 0.338 e. The molecule has 0 bridgehead atoms. The summed E-state index contributed by atoms with van der Waals surface area (Å²) in [5, 5.41) is 1.96. The molecular weight excluding hydrogens is 310 g/mol. The zero-order valence-corrected chi connectivity index (χ0v) is 12.8. The van der Waals surface area contributed by atoms with Crippen molar-refractivity contribution in [1.29, 1.82) is 0 Å². The molecule has 0 aromatic carbocycles. The molecule has 1 aromatic heterocycles. The number of carbonyl (C=O) groups is 1. The Kier molecular flexibility index (Phi) is 3.76. The molecule has 2 nitrogen and oxygen atoms in total. The van der Waals surface area contributed by atoms with Crippen molar-refractivity contribution in [3.8, 4) is 0 Å². The third-order valence-electron chi connectivity index (χ3n) is 4.39. The molecule has 2 aliphatic rings. The van der Waals surface area contributed by atoms with E-state index in [2.05, 4.69) is 20.8 Å². The number of fused-ring (bicyclic) bond motifs is 1. The maximum atomic E-state index is 12.4. The highest BCUT2D eigenvalue weighted by molar-refractivity contribution is 9.11. The molecule has 98 valence electrons. The zero-order valence-electron chi connectivity index (χ0n) is 10.4. The highest BCUT2D eigenvalue weighted by Crippen LogP contribution is 2.36. The third-order valence-corrected chi connectivity index (χ3v) is 5.90. The minimum absolute atomic E-state index is 0.223. The van der Waals surface area contributed by atoms with Gasteiger partial charge in [0.25, 0.3) is 5.91 Å². The van der Waals surface area contributed by atoms with Gasteiger partial charge in [-0.1, -0.05) is 19.3 Å². The number of thiophene rings is 1. The number of likely N-dealkylation sites (tertiary alicyclic amines) is 1.